The van der Waals surface area contributed by atoms with Gasteiger partial charge in [-0.3, -0.25) is 4.72 Å². The van der Waals surface area contributed by atoms with Crippen LogP contribution < -0.4 is 19.5 Å². The van der Waals surface area contributed by atoms with Crippen LogP contribution in [0.2, 0.25) is 0 Å². The number of aromatic nitrogens is 2. The summed E-state index contributed by atoms with van der Waals surface area (Å²) in [4.78, 5) is 8.85. The van der Waals surface area contributed by atoms with Gasteiger partial charge in [0, 0.05) is 11.8 Å². The Labute approximate surface area is 184 Å². The van der Waals surface area contributed by atoms with Crippen LogP contribution >= 0.6 is 0 Å². The molecule has 32 heavy (non-hydrogen) atoms. The Balaban J connectivity index is 1.76. The van der Waals surface area contributed by atoms with E-state index in [4.69, 9.17) is 9.47 Å². The van der Waals surface area contributed by atoms with E-state index in [1.54, 1.807) is 42.5 Å². The summed E-state index contributed by atoms with van der Waals surface area (Å²) in [6.07, 6.45) is 0. The quantitative estimate of drug-likeness (QED) is 0.428. The highest BCUT2D eigenvalue weighted by Gasteiger charge is 2.19. The zero-order valence-corrected chi connectivity index (χ0v) is 18.0. The number of anilines is 3. The molecule has 0 bridgehead atoms. The van der Waals surface area contributed by atoms with Crippen LogP contribution in [0.15, 0.2) is 71.6 Å². The summed E-state index contributed by atoms with van der Waals surface area (Å²) >= 11 is 0. The maximum atomic E-state index is 13.2. The van der Waals surface area contributed by atoms with E-state index in [-0.39, 0.29) is 16.5 Å². The highest BCUT2D eigenvalue weighted by Crippen LogP contribution is 2.33. The third-order valence-corrected chi connectivity index (χ3v) is 5.93. The average molecular weight is 454 g/mol. The number of fused-ring (bicyclic) bond motifs is 1. The van der Waals surface area contributed by atoms with Gasteiger partial charge in [-0.1, -0.05) is 12.1 Å². The zero-order chi connectivity index (χ0) is 22.7. The number of rotatable bonds is 7. The number of benzene rings is 3. The van der Waals surface area contributed by atoms with Crippen molar-refractivity contribution in [3.05, 3.63) is 72.5 Å². The molecule has 0 fully saturated rings. The number of sulfonamides is 1. The number of hydrogen-bond donors (Lipinski definition) is 2. The number of ether oxygens (including phenoxy) is 2. The van der Waals surface area contributed by atoms with E-state index in [1.807, 2.05) is 0 Å². The Bertz CT molecular complexity index is 1380. The molecule has 164 valence electrons. The molecule has 0 atom stereocenters. The third kappa shape index (κ3) is 4.40. The molecule has 3 aromatic carbocycles. The lowest BCUT2D eigenvalue weighted by molar-refractivity contribution is 0.355. The van der Waals surface area contributed by atoms with Crippen LogP contribution in [0.4, 0.5) is 21.7 Å². The lowest BCUT2D eigenvalue weighted by Gasteiger charge is -2.15. The van der Waals surface area contributed by atoms with E-state index in [1.165, 1.54) is 26.4 Å². The van der Waals surface area contributed by atoms with Gasteiger partial charge in [0.2, 0.25) is 0 Å². The molecule has 0 radical (unpaired) electrons. The summed E-state index contributed by atoms with van der Waals surface area (Å²) in [5.41, 5.74) is 1.65. The Kier molecular flexibility index (Phi) is 5.78. The maximum Gasteiger partial charge on any atom is 0.263 e. The molecule has 4 aromatic rings. The smallest absolute Gasteiger partial charge is 0.263 e. The van der Waals surface area contributed by atoms with Gasteiger partial charge in [0.25, 0.3) is 10.0 Å². The van der Waals surface area contributed by atoms with Crippen molar-refractivity contribution in [2.45, 2.75) is 4.90 Å². The summed E-state index contributed by atoms with van der Waals surface area (Å²) in [7, 11) is -0.997. The SMILES string of the molecule is COc1ccc(Nc2nc3ccccc3nc2NS(=O)(=O)c2ccc(F)cc2)cc1OC. The topological polar surface area (TPSA) is 102 Å². The second-order valence-electron chi connectivity index (χ2n) is 6.66. The number of nitrogens with one attached hydrogen (secondary N) is 2. The van der Waals surface area contributed by atoms with E-state index in [0.717, 1.165) is 12.1 Å². The van der Waals surface area contributed by atoms with Crippen LogP contribution in [0, 0.1) is 5.82 Å². The van der Waals surface area contributed by atoms with Crippen molar-refractivity contribution in [3.8, 4) is 11.5 Å². The molecule has 0 aliphatic rings. The van der Waals surface area contributed by atoms with Crippen molar-refractivity contribution in [3.63, 3.8) is 0 Å². The van der Waals surface area contributed by atoms with Gasteiger partial charge in [0.15, 0.2) is 23.1 Å². The van der Waals surface area contributed by atoms with E-state index in [0.29, 0.717) is 28.2 Å². The van der Waals surface area contributed by atoms with Crippen molar-refractivity contribution >= 4 is 38.4 Å². The maximum absolute atomic E-state index is 13.2. The van der Waals surface area contributed by atoms with E-state index in [9.17, 15) is 12.8 Å². The van der Waals surface area contributed by atoms with Gasteiger partial charge in [-0.2, -0.15) is 0 Å². The molecule has 0 saturated heterocycles. The largest absolute Gasteiger partial charge is 0.493 e. The first-order chi connectivity index (χ1) is 15.4. The molecule has 0 spiro atoms. The number of halogens is 1. The molecule has 10 heteroatoms. The van der Waals surface area contributed by atoms with Gasteiger partial charge < -0.3 is 14.8 Å². The number of nitrogens with zero attached hydrogens (tertiary/aromatic N) is 2. The molecule has 1 heterocycles. The molecule has 0 amide bonds. The molecular weight excluding hydrogens is 435 g/mol. The van der Waals surface area contributed by atoms with E-state index in [2.05, 4.69) is 20.0 Å². The lowest BCUT2D eigenvalue weighted by atomic mass is 10.2. The molecule has 4 rings (SSSR count). The number of methoxy groups -OCH3 is 2. The summed E-state index contributed by atoms with van der Waals surface area (Å²) in [6.45, 7) is 0. The summed E-state index contributed by atoms with van der Waals surface area (Å²) < 4.78 is 52.0. The average Bonchev–Trinajstić information content (AvgIpc) is 2.79. The molecular formula is C22H19FN4O4S. The summed E-state index contributed by atoms with van der Waals surface area (Å²) in [5, 5.41) is 3.08. The van der Waals surface area contributed by atoms with Crippen molar-refractivity contribution < 1.29 is 22.3 Å². The van der Waals surface area contributed by atoms with Crippen molar-refractivity contribution in [2.75, 3.05) is 24.3 Å². The van der Waals surface area contributed by atoms with Crippen molar-refractivity contribution in [1.29, 1.82) is 0 Å². The lowest BCUT2D eigenvalue weighted by Crippen LogP contribution is -2.16. The van der Waals surface area contributed by atoms with Crippen LogP contribution in [0.3, 0.4) is 0 Å². The predicted molar refractivity (Wildman–Crippen MR) is 120 cm³/mol. The first-order valence-electron chi connectivity index (χ1n) is 9.44. The van der Waals surface area contributed by atoms with E-state index >= 15 is 0 Å². The molecule has 8 nitrogen and oxygen atoms in total. The van der Waals surface area contributed by atoms with Crippen molar-refractivity contribution in [1.82, 2.24) is 9.97 Å². The monoisotopic (exact) mass is 454 g/mol. The zero-order valence-electron chi connectivity index (χ0n) is 17.2. The normalized spacial score (nSPS) is 11.2. The number of para-hydroxylation sites is 2. The van der Waals surface area contributed by atoms with Crippen LogP contribution in [0.5, 0.6) is 11.5 Å². The van der Waals surface area contributed by atoms with Crippen LogP contribution in [0.25, 0.3) is 11.0 Å². The predicted octanol–water partition coefficient (Wildman–Crippen LogP) is 4.33. The fourth-order valence-electron chi connectivity index (χ4n) is 3.01. The second-order valence-corrected chi connectivity index (χ2v) is 8.35. The van der Waals surface area contributed by atoms with Gasteiger partial charge >= 0.3 is 0 Å². The Morgan fingerprint density at radius 2 is 1.44 bits per heavy atom. The van der Waals surface area contributed by atoms with Gasteiger partial charge in [-0.15, -0.1) is 0 Å². The molecule has 0 aliphatic carbocycles. The fourth-order valence-corrected chi connectivity index (χ4v) is 4.02. The van der Waals surface area contributed by atoms with Crippen LogP contribution in [0.1, 0.15) is 0 Å². The van der Waals surface area contributed by atoms with Crippen LogP contribution in [-0.2, 0) is 10.0 Å². The molecule has 0 saturated carbocycles. The van der Waals surface area contributed by atoms with Crippen LogP contribution in [-0.4, -0.2) is 32.6 Å². The summed E-state index contributed by atoms with van der Waals surface area (Å²) in [5.74, 6) is 0.661. The Hall–Kier alpha value is -3.92. The van der Waals surface area contributed by atoms with Gasteiger partial charge in [-0.25, -0.2) is 22.8 Å². The first-order valence-corrected chi connectivity index (χ1v) is 10.9. The molecule has 0 unspecified atom stereocenters. The van der Waals surface area contributed by atoms with E-state index < -0.39 is 15.8 Å². The molecule has 0 aliphatic heterocycles. The van der Waals surface area contributed by atoms with Crippen molar-refractivity contribution in [2.24, 2.45) is 0 Å². The minimum atomic E-state index is -4.04. The molecule has 2 N–H and O–H groups in total. The molecule has 1 aromatic heterocycles. The second kappa shape index (κ2) is 8.67. The summed E-state index contributed by atoms with van der Waals surface area (Å²) in [6, 6.07) is 16.7. The highest BCUT2D eigenvalue weighted by atomic mass is 32.2. The Morgan fingerprint density at radius 3 is 2.06 bits per heavy atom. The standard InChI is InChI=1S/C22H19FN4O4S/c1-30-19-12-9-15(13-20(19)31-2)24-21-22(26-18-6-4-3-5-17(18)25-21)27-32(28,29)16-10-7-14(23)8-11-16/h3-13H,1-2H3,(H,24,25)(H,26,27). The van der Waals surface area contributed by atoms with Gasteiger partial charge in [0.1, 0.15) is 5.82 Å². The highest BCUT2D eigenvalue weighted by molar-refractivity contribution is 7.92. The Morgan fingerprint density at radius 1 is 0.812 bits per heavy atom. The van der Waals surface area contributed by atoms with Gasteiger partial charge in [-0.05, 0) is 48.5 Å². The van der Waals surface area contributed by atoms with Gasteiger partial charge in [0.05, 0.1) is 30.1 Å². The number of hydrogen-bond acceptors (Lipinski definition) is 7. The third-order valence-electron chi connectivity index (χ3n) is 4.57. The minimum Gasteiger partial charge on any atom is -0.493 e. The first kappa shape index (κ1) is 21.3. The minimum absolute atomic E-state index is 0.0113. The fraction of sp³-hybridized carbons (Fsp3) is 0.0909.